The average Bonchev–Trinajstić information content (AvgIpc) is 2.60. The topological polar surface area (TPSA) is 0 Å². The first kappa shape index (κ1) is 20.5. The van der Waals surface area contributed by atoms with Crippen LogP contribution in [-0.4, -0.2) is 0 Å². The summed E-state index contributed by atoms with van der Waals surface area (Å²) < 4.78 is 0. The molecule has 2 rings (SSSR count). The number of hydrogen-bond donors (Lipinski definition) is 0. The first-order chi connectivity index (χ1) is 9.95. The van der Waals surface area contributed by atoms with Crippen molar-refractivity contribution in [3.05, 3.63) is 71.8 Å². The smallest absolute Gasteiger partial charge is 0.0256 e. The zero-order valence-electron chi connectivity index (χ0n) is 13.9. The highest BCUT2D eigenvalue weighted by atomic mass is 13.9. The van der Waals surface area contributed by atoms with E-state index in [1.165, 1.54) is 11.1 Å². The van der Waals surface area contributed by atoms with Gasteiger partial charge in [0.05, 0.1) is 0 Å². The second-order valence-electron chi connectivity index (χ2n) is 3.15. The first-order valence-electron chi connectivity index (χ1n) is 7.73. The third-order valence-electron chi connectivity index (χ3n) is 2.07. The maximum atomic E-state index is 2.12. The minimum Gasteiger partial charge on any atom is -0.0683 e. The molecule has 0 saturated heterocycles. The Morgan fingerprint density at radius 1 is 0.450 bits per heavy atom. The molecule has 0 radical (unpaired) electrons. The summed E-state index contributed by atoms with van der Waals surface area (Å²) >= 11 is 0. The molecule has 0 aromatic heterocycles. The van der Waals surface area contributed by atoms with Crippen LogP contribution >= 0.6 is 0 Å². The number of hydrogen-bond acceptors (Lipinski definition) is 0. The van der Waals surface area contributed by atoms with Crippen LogP contribution in [0.3, 0.4) is 0 Å². The molecule has 0 amide bonds. The van der Waals surface area contributed by atoms with E-state index in [-0.39, 0.29) is 0 Å². The van der Waals surface area contributed by atoms with Crippen molar-refractivity contribution in [3.63, 3.8) is 0 Å². The van der Waals surface area contributed by atoms with Gasteiger partial charge in [-0.3, -0.25) is 0 Å². The second-order valence-corrected chi connectivity index (χ2v) is 3.15. The van der Waals surface area contributed by atoms with Gasteiger partial charge < -0.3 is 0 Å². The molecule has 0 nitrogen and oxygen atoms in total. The van der Waals surface area contributed by atoms with Crippen molar-refractivity contribution >= 4 is 12.2 Å². The fourth-order valence-corrected chi connectivity index (χ4v) is 1.32. The van der Waals surface area contributed by atoms with Crippen LogP contribution in [0.5, 0.6) is 0 Å². The van der Waals surface area contributed by atoms with Crippen molar-refractivity contribution in [3.8, 4) is 0 Å². The molecule has 0 aliphatic heterocycles. The Balaban J connectivity index is 0. The van der Waals surface area contributed by atoms with Crippen molar-refractivity contribution in [1.29, 1.82) is 0 Å². The highest BCUT2D eigenvalue weighted by Crippen LogP contribution is 2.06. The van der Waals surface area contributed by atoms with Gasteiger partial charge in [0.15, 0.2) is 0 Å². The van der Waals surface area contributed by atoms with Gasteiger partial charge in [0.2, 0.25) is 0 Å². The number of benzene rings is 2. The predicted octanol–water partition coefficient (Wildman–Crippen LogP) is 6.94. The van der Waals surface area contributed by atoms with Crippen molar-refractivity contribution < 1.29 is 0 Å². The predicted molar refractivity (Wildman–Crippen MR) is 95.9 cm³/mol. The zero-order valence-corrected chi connectivity index (χ0v) is 13.9. The summed E-state index contributed by atoms with van der Waals surface area (Å²) in [6, 6.07) is 20.6. The van der Waals surface area contributed by atoms with Gasteiger partial charge in [0.1, 0.15) is 0 Å². The highest BCUT2D eigenvalue weighted by molar-refractivity contribution is 5.69. The van der Waals surface area contributed by atoms with E-state index >= 15 is 0 Å². The standard InChI is InChI=1S/C14H12.3C2H6/c1-3-7-13(8-4-1)11-12-14-9-5-2-6-10-14;3*1-2/h1-12H;3*1-2H3/b12-11+;;;. The Labute approximate surface area is 126 Å². The molecule has 110 valence electrons. The van der Waals surface area contributed by atoms with Crippen molar-refractivity contribution in [1.82, 2.24) is 0 Å². The van der Waals surface area contributed by atoms with E-state index in [0.29, 0.717) is 0 Å². The fraction of sp³-hybridized carbons (Fsp3) is 0.300. The van der Waals surface area contributed by atoms with E-state index in [2.05, 4.69) is 36.4 Å². The van der Waals surface area contributed by atoms with E-state index in [1.54, 1.807) is 0 Å². The summed E-state index contributed by atoms with van der Waals surface area (Å²) in [6.45, 7) is 12.0. The normalized spacial score (nSPS) is 8.30. The Morgan fingerprint density at radius 2 is 0.700 bits per heavy atom. The van der Waals surface area contributed by atoms with Crippen LogP contribution in [0, 0.1) is 0 Å². The monoisotopic (exact) mass is 270 g/mol. The summed E-state index contributed by atoms with van der Waals surface area (Å²) in [5, 5.41) is 0. The fourth-order valence-electron chi connectivity index (χ4n) is 1.32. The maximum Gasteiger partial charge on any atom is -0.0256 e. The zero-order chi connectivity index (χ0) is 15.6. The lowest BCUT2D eigenvalue weighted by Gasteiger charge is -1.92. The summed E-state index contributed by atoms with van der Waals surface area (Å²) in [5.41, 5.74) is 2.47. The van der Waals surface area contributed by atoms with Crippen molar-refractivity contribution in [2.24, 2.45) is 0 Å². The van der Waals surface area contributed by atoms with Crippen LogP contribution in [-0.2, 0) is 0 Å². The van der Waals surface area contributed by atoms with Gasteiger partial charge >= 0.3 is 0 Å². The molecule has 0 spiro atoms. The molecule has 2 aromatic rings. The van der Waals surface area contributed by atoms with E-state index < -0.39 is 0 Å². The lowest BCUT2D eigenvalue weighted by Crippen LogP contribution is -1.70. The van der Waals surface area contributed by atoms with Crippen LogP contribution < -0.4 is 0 Å². The highest BCUT2D eigenvalue weighted by Gasteiger charge is 1.84. The molecule has 0 aliphatic carbocycles. The molecule has 0 atom stereocenters. The Morgan fingerprint density at radius 3 is 0.950 bits per heavy atom. The van der Waals surface area contributed by atoms with Gasteiger partial charge in [-0.1, -0.05) is 114 Å². The summed E-state index contributed by atoms with van der Waals surface area (Å²) in [6.07, 6.45) is 4.24. The average molecular weight is 270 g/mol. The van der Waals surface area contributed by atoms with Crippen LogP contribution in [0.2, 0.25) is 0 Å². The van der Waals surface area contributed by atoms with E-state index in [0.717, 1.165) is 0 Å². The van der Waals surface area contributed by atoms with Gasteiger partial charge in [-0.25, -0.2) is 0 Å². The van der Waals surface area contributed by atoms with Gasteiger partial charge in [-0.15, -0.1) is 0 Å². The molecule has 2 aromatic carbocycles. The molecule has 0 aliphatic rings. The van der Waals surface area contributed by atoms with Crippen LogP contribution in [0.1, 0.15) is 52.7 Å². The molecule has 20 heavy (non-hydrogen) atoms. The summed E-state index contributed by atoms with van der Waals surface area (Å²) in [4.78, 5) is 0. The Bertz CT molecular complexity index is 357. The molecule has 0 bridgehead atoms. The van der Waals surface area contributed by atoms with Crippen LogP contribution in [0.25, 0.3) is 12.2 Å². The third kappa shape index (κ3) is 10.1. The molecular weight excluding hydrogens is 240 g/mol. The second kappa shape index (κ2) is 17.2. The minimum absolute atomic E-state index is 1.23. The third-order valence-corrected chi connectivity index (χ3v) is 2.07. The SMILES string of the molecule is C(=C\c1ccccc1)/c1ccccc1.CC.CC.CC. The Kier molecular flexibility index (Phi) is 17.6. The van der Waals surface area contributed by atoms with E-state index in [1.807, 2.05) is 77.9 Å². The quantitative estimate of drug-likeness (QED) is 0.519. The number of rotatable bonds is 2. The molecule has 0 saturated carbocycles. The summed E-state index contributed by atoms with van der Waals surface area (Å²) in [7, 11) is 0. The summed E-state index contributed by atoms with van der Waals surface area (Å²) in [5.74, 6) is 0. The van der Waals surface area contributed by atoms with Gasteiger partial charge in [-0.05, 0) is 11.1 Å². The van der Waals surface area contributed by atoms with Crippen molar-refractivity contribution in [2.75, 3.05) is 0 Å². The van der Waals surface area contributed by atoms with E-state index in [4.69, 9.17) is 0 Å². The van der Waals surface area contributed by atoms with Crippen LogP contribution in [0.15, 0.2) is 60.7 Å². The molecule has 0 fully saturated rings. The van der Waals surface area contributed by atoms with Gasteiger partial charge in [-0.2, -0.15) is 0 Å². The first-order valence-corrected chi connectivity index (χ1v) is 7.73. The molecule has 0 heteroatoms. The lowest BCUT2D eigenvalue weighted by molar-refractivity contribution is 1.50. The minimum atomic E-state index is 1.23. The molecular formula is C20H30. The maximum absolute atomic E-state index is 2.12. The Hall–Kier alpha value is -1.82. The van der Waals surface area contributed by atoms with E-state index in [9.17, 15) is 0 Å². The molecule has 0 unspecified atom stereocenters. The lowest BCUT2D eigenvalue weighted by atomic mass is 10.1. The largest absolute Gasteiger partial charge is 0.0683 e. The van der Waals surface area contributed by atoms with Crippen molar-refractivity contribution in [2.45, 2.75) is 41.5 Å². The molecule has 0 N–H and O–H groups in total. The van der Waals surface area contributed by atoms with Gasteiger partial charge in [0.25, 0.3) is 0 Å². The van der Waals surface area contributed by atoms with Gasteiger partial charge in [0, 0.05) is 0 Å². The van der Waals surface area contributed by atoms with Crippen LogP contribution in [0.4, 0.5) is 0 Å². The molecule has 0 heterocycles.